The minimum Gasteiger partial charge on any atom is -0.481 e. The van der Waals surface area contributed by atoms with Crippen LogP contribution >= 0.6 is 11.8 Å². The molecule has 2 atom stereocenters. The lowest BCUT2D eigenvalue weighted by Crippen LogP contribution is -2.29. The number of nitrogens with zero attached hydrogens (tertiary/aromatic N) is 1. The maximum absolute atomic E-state index is 12.3. The lowest BCUT2D eigenvalue weighted by atomic mass is 9.99. The van der Waals surface area contributed by atoms with Gasteiger partial charge in [-0.05, 0) is 36.4 Å². The van der Waals surface area contributed by atoms with Crippen LogP contribution in [0.3, 0.4) is 0 Å². The third-order valence-corrected chi connectivity index (χ3v) is 4.30. The second kappa shape index (κ2) is 5.65. The summed E-state index contributed by atoms with van der Waals surface area (Å²) < 4.78 is 0. The van der Waals surface area contributed by atoms with E-state index in [1.807, 2.05) is 25.3 Å². The molecule has 1 aliphatic rings. The van der Waals surface area contributed by atoms with Crippen molar-refractivity contribution in [2.45, 2.75) is 11.8 Å². The molecular formula is C14H17NO3S. The van der Waals surface area contributed by atoms with Crippen molar-refractivity contribution in [3.05, 3.63) is 29.8 Å². The Morgan fingerprint density at radius 3 is 2.37 bits per heavy atom. The van der Waals surface area contributed by atoms with Gasteiger partial charge in [-0.3, -0.25) is 9.59 Å². The third kappa shape index (κ3) is 2.92. The van der Waals surface area contributed by atoms with Crippen molar-refractivity contribution in [3.8, 4) is 0 Å². The number of likely N-dealkylation sites (tertiary alicyclic amines) is 1. The van der Waals surface area contributed by atoms with E-state index in [9.17, 15) is 9.59 Å². The number of aliphatic carboxylic acids is 1. The monoisotopic (exact) mass is 279 g/mol. The van der Waals surface area contributed by atoms with Crippen molar-refractivity contribution in [2.75, 3.05) is 19.3 Å². The number of amides is 1. The maximum atomic E-state index is 12.3. The van der Waals surface area contributed by atoms with E-state index in [1.165, 1.54) is 0 Å². The number of carbonyl (C=O) groups excluding carboxylic acids is 1. The first kappa shape index (κ1) is 13.9. The Morgan fingerprint density at radius 1 is 1.26 bits per heavy atom. The van der Waals surface area contributed by atoms with Crippen molar-refractivity contribution < 1.29 is 14.7 Å². The molecule has 0 aromatic heterocycles. The highest BCUT2D eigenvalue weighted by Crippen LogP contribution is 2.25. The summed E-state index contributed by atoms with van der Waals surface area (Å²) in [5.41, 5.74) is 0.621. The molecule has 102 valence electrons. The maximum Gasteiger partial charge on any atom is 0.308 e. The van der Waals surface area contributed by atoms with Gasteiger partial charge < -0.3 is 10.0 Å². The molecule has 2 rings (SSSR count). The fourth-order valence-corrected chi connectivity index (χ4v) is 2.78. The second-order valence-corrected chi connectivity index (χ2v) is 5.74. The highest BCUT2D eigenvalue weighted by atomic mass is 32.2. The number of carboxylic acids is 1. The van der Waals surface area contributed by atoms with E-state index in [4.69, 9.17) is 5.11 Å². The first-order chi connectivity index (χ1) is 9.02. The first-order valence-corrected chi connectivity index (χ1v) is 7.41. The van der Waals surface area contributed by atoms with Gasteiger partial charge in [0.05, 0.1) is 5.92 Å². The van der Waals surface area contributed by atoms with E-state index in [1.54, 1.807) is 28.8 Å². The minimum atomic E-state index is -0.819. The Bertz CT molecular complexity index is 486. The van der Waals surface area contributed by atoms with E-state index >= 15 is 0 Å². The molecule has 0 radical (unpaired) electrons. The van der Waals surface area contributed by atoms with Gasteiger partial charge in [0, 0.05) is 23.5 Å². The predicted octanol–water partition coefficient (Wildman–Crippen LogP) is 2.20. The summed E-state index contributed by atoms with van der Waals surface area (Å²) >= 11 is 1.62. The largest absolute Gasteiger partial charge is 0.481 e. The van der Waals surface area contributed by atoms with Crippen LogP contribution < -0.4 is 0 Å². The smallest absolute Gasteiger partial charge is 0.308 e. The third-order valence-electron chi connectivity index (χ3n) is 3.55. The van der Waals surface area contributed by atoms with Crippen LogP contribution in [-0.4, -0.2) is 41.2 Å². The molecular weight excluding hydrogens is 262 g/mol. The summed E-state index contributed by atoms with van der Waals surface area (Å²) in [6, 6.07) is 7.41. The summed E-state index contributed by atoms with van der Waals surface area (Å²) in [6.07, 6.45) is 1.98. The SMILES string of the molecule is CSc1ccc(C(=O)N2C[C@@H](C)[C@H](C(=O)O)C2)cc1. The normalized spacial score (nSPS) is 22.5. The molecule has 0 unspecified atom stereocenters. The van der Waals surface area contributed by atoms with E-state index in [-0.39, 0.29) is 11.8 Å². The van der Waals surface area contributed by atoms with Crippen molar-refractivity contribution in [1.82, 2.24) is 4.90 Å². The molecule has 1 saturated heterocycles. The molecule has 19 heavy (non-hydrogen) atoms. The zero-order valence-corrected chi connectivity index (χ0v) is 11.8. The Labute approximate surface area is 116 Å². The zero-order chi connectivity index (χ0) is 14.0. The van der Waals surface area contributed by atoms with Crippen molar-refractivity contribution in [2.24, 2.45) is 11.8 Å². The van der Waals surface area contributed by atoms with Gasteiger partial charge in [0.2, 0.25) is 0 Å². The molecule has 1 aromatic carbocycles. The van der Waals surface area contributed by atoms with Crippen LogP contribution in [0.2, 0.25) is 0 Å². The number of carboxylic acid groups (broad SMARTS) is 1. The summed E-state index contributed by atoms with van der Waals surface area (Å²) in [7, 11) is 0. The zero-order valence-electron chi connectivity index (χ0n) is 11.0. The summed E-state index contributed by atoms with van der Waals surface area (Å²) in [6.45, 7) is 2.70. The van der Waals surface area contributed by atoms with Crippen LogP contribution in [0.5, 0.6) is 0 Å². The number of hydrogen-bond acceptors (Lipinski definition) is 3. The summed E-state index contributed by atoms with van der Waals surface area (Å²) in [5, 5.41) is 9.08. The number of hydrogen-bond donors (Lipinski definition) is 1. The van der Waals surface area contributed by atoms with Gasteiger partial charge in [-0.2, -0.15) is 0 Å². The van der Waals surface area contributed by atoms with Crippen LogP contribution in [-0.2, 0) is 4.79 Å². The van der Waals surface area contributed by atoms with Gasteiger partial charge >= 0.3 is 5.97 Å². The predicted molar refractivity (Wildman–Crippen MR) is 74.4 cm³/mol. The fraction of sp³-hybridized carbons (Fsp3) is 0.429. The number of rotatable bonds is 3. The topological polar surface area (TPSA) is 57.6 Å². The van der Waals surface area contributed by atoms with E-state index in [0.717, 1.165) is 4.90 Å². The minimum absolute atomic E-state index is 0.00641. The van der Waals surface area contributed by atoms with Crippen LogP contribution in [0, 0.1) is 11.8 Å². The Kier molecular flexibility index (Phi) is 4.14. The Morgan fingerprint density at radius 2 is 1.89 bits per heavy atom. The lowest BCUT2D eigenvalue weighted by molar-refractivity contribution is -0.142. The molecule has 0 saturated carbocycles. The molecule has 0 spiro atoms. The van der Waals surface area contributed by atoms with Gasteiger partial charge in [0.15, 0.2) is 0 Å². The molecule has 5 heteroatoms. The van der Waals surface area contributed by atoms with Crippen molar-refractivity contribution >= 4 is 23.6 Å². The molecule has 4 nitrogen and oxygen atoms in total. The van der Waals surface area contributed by atoms with Gasteiger partial charge in [-0.25, -0.2) is 0 Å². The molecule has 1 aliphatic heterocycles. The quantitative estimate of drug-likeness (QED) is 0.862. The van der Waals surface area contributed by atoms with Crippen LogP contribution in [0.15, 0.2) is 29.2 Å². The molecule has 1 fully saturated rings. The average Bonchev–Trinajstić information content (AvgIpc) is 2.80. The second-order valence-electron chi connectivity index (χ2n) is 4.86. The standard InChI is InChI=1S/C14H17NO3S/c1-9-7-15(8-12(9)14(17)18)13(16)10-3-5-11(19-2)6-4-10/h3-6,9,12H,7-8H2,1-2H3,(H,17,18)/t9-,12-/m1/s1. The van der Waals surface area contributed by atoms with Crippen molar-refractivity contribution in [3.63, 3.8) is 0 Å². The number of carbonyl (C=O) groups is 2. The summed E-state index contributed by atoms with van der Waals surface area (Å²) in [5.74, 6) is -1.34. The number of thioether (sulfide) groups is 1. The van der Waals surface area contributed by atoms with E-state index < -0.39 is 11.9 Å². The van der Waals surface area contributed by atoms with E-state index in [0.29, 0.717) is 18.7 Å². The van der Waals surface area contributed by atoms with Gasteiger partial charge in [-0.15, -0.1) is 11.8 Å². The van der Waals surface area contributed by atoms with Crippen LogP contribution in [0.1, 0.15) is 17.3 Å². The molecule has 1 amide bonds. The number of benzene rings is 1. The van der Waals surface area contributed by atoms with E-state index in [2.05, 4.69) is 0 Å². The molecule has 1 aromatic rings. The average molecular weight is 279 g/mol. The molecule has 1 N–H and O–H groups in total. The molecule has 0 bridgehead atoms. The Balaban J connectivity index is 2.10. The fourth-order valence-electron chi connectivity index (χ4n) is 2.37. The van der Waals surface area contributed by atoms with Gasteiger partial charge in [-0.1, -0.05) is 6.92 Å². The highest BCUT2D eigenvalue weighted by molar-refractivity contribution is 7.98. The highest BCUT2D eigenvalue weighted by Gasteiger charge is 2.37. The Hall–Kier alpha value is -1.49. The first-order valence-electron chi connectivity index (χ1n) is 6.19. The van der Waals surface area contributed by atoms with Crippen LogP contribution in [0.4, 0.5) is 0 Å². The van der Waals surface area contributed by atoms with Gasteiger partial charge in [0.1, 0.15) is 0 Å². The molecule has 0 aliphatic carbocycles. The van der Waals surface area contributed by atoms with Crippen molar-refractivity contribution in [1.29, 1.82) is 0 Å². The summed E-state index contributed by atoms with van der Waals surface area (Å²) in [4.78, 5) is 26.1. The van der Waals surface area contributed by atoms with Crippen LogP contribution in [0.25, 0.3) is 0 Å². The lowest BCUT2D eigenvalue weighted by Gasteiger charge is -2.16. The van der Waals surface area contributed by atoms with Gasteiger partial charge in [0.25, 0.3) is 5.91 Å². The molecule has 1 heterocycles.